The van der Waals surface area contributed by atoms with Gasteiger partial charge in [-0.25, -0.2) is 9.37 Å². The normalized spacial score (nSPS) is 11.1. The molecule has 5 heteroatoms. The van der Waals surface area contributed by atoms with Gasteiger partial charge in [-0.2, -0.15) is 0 Å². The van der Waals surface area contributed by atoms with Gasteiger partial charge in [-0.1, -0.05) is 0 Å². The molecule has 0 unspecified atom stereocenters. The third-order valence-corrected chi connectivity index (χ3v) is 5.26. The maximum atomic E-state index is 14.2. The van der Waals surface area contributed by atoms with Crippen molar-refractivity contribution < 1.29 is 4.39 Å². The Labute approximate surface area is 173 Å². The van der Waals surface area contributed by atoms with E-state index in [-0.39, 0.29) is 5.82 Å². The van der Waals surface area contributed by atoms with Gasteiger partial charge in [-0.15, -0.1) is 0 Å². The second-order valence-electron chi connectivity index (χ2n) is 7.79. The predicted molar refractivity (Wildman–Crippen MR) is 119 cm³/mol. The Morgan fingerprint density at radius 3 is 2.41 bits per heavy atom. The van der Waals surface area contributed by atoms with Crippen molar-refractivity contribution >= 4 is 5.69 Å². The first-order chi connectivity index (χ1) is 13.9. The largest absolute Gasteiger partial charge is 0.373 e. The monoisotopic (exact) mass is 394 g/mol. The van der Waals surface area contributed by atoms with Crippen LogP contribution >= 0.6 is 0 Å². The molecule has 0 aliphatic rings. The van der Waals surface area contributed by atoms with Crippen LogP contribution in [0.15, 0.2) is 42.5 Å². The Balaban J connectivity index is 1.79. The Kier molecular flexibility index (Phi) is 6.70. The summed E-state index contributed by atoms with van der Waals surface area (Å²) in [6.07, 6.45) is 1.53. The van der Waals surface area contributed by atoms with Crippen LogP contribution in [0.2, 0.25) is 0 Å². The van der Waals surface area contributed by atoms with E-state index in [1.807, 2.05) is 14.1 Å². The first-order valence-corrected chi connectivity index (χ1v) is 10.2. The molecule has 0 aliphatic carbocycles. The van der Waals surface area contributed by atoms with Crippen LogP contribution in [0.5, 0.6) is 0 Å². The quantitative estimate of drug-likeness (QED) is 0.616. The highest BCUT2D eigenvalue weighted by atomic mass is 19.1. The molecule has 29 heavy (non-hydrogen) atoms. The van der Waals surface area contributed by atoms with Crippen molar-refractivity contribution in [3.05, 3.63) is 76.5 Å². The van der Waals surface area contributed by atoms with E-state index in [4.69, 9.17) is 4.98 Å². The van der Waals surface area contributed by atoms with Gasteiger partial charge in [0.15, 0.2) is 0 Å². The zero-order valence-electron chi connectivity index (χ0n) is 18.1. The molecule has 4 nitrogen and oxygen atoms in total. The van der Waals surface area contributed by atoms with Gasteiger partial charge >= 0.3 is 0 Å². The lowest BCUT2D eigenvalue weighted by Gasteiger charge is -2.20. The molecule has 3 rings (SSSR count). The molecule has 0 saturated carbocycles. The molecule has 1 aromatic carbocycles. The number of hydrogen-bond acceptors (Lipinski definition) is 3. The first-order valence-electron chi connectivity index (χ1n) is 10.2. The number of aryl methyl sites for hydroxylation is 5. The second kappa shape index (κ2) is 9.23. The van der Waals surface area contributed by atoms with Crippen LogP contribution in [0.1, 0.15) is 28.2 Å². The summed E-state index contributed by atoms with van der Waals surface area (Å²) in [5, 5.41) is 3.13. The van der Waals surface area contributed by atoms with Gasteiger partial charge in [0.2, 0.25) is 0 Å². The Morgan fingerprint density at radius 2 is 1.72 bits per heavy atom. The highest BCUT2D eigenvalue weighted by Crippen LogP contribution is 2.20. The fraction of sp³-hybridized carbons (Fsp3) is 0.375. The summed E-state index contributed by atoms with van der Waals surface area (Å²) >= 11 is 0. The molecule has 0 spiro atoms. The fourth-order valence-corrected chi connectivity index (χ4v) is 3.67. The Bertz CT molecular complexity index is 958. The van der Waals surface area contributed by atoms with Crippen molar-refractivity contribution in [2.75, 3.05) is 32.1 Å². The van der Waals surface area contributed by atoms with Crippen molar-refractivity contribution in [1.29, 1.82) is 0 Å². The van der Waals surface area contributed by atoms with E-state index in [1.54, 1.807) is 12.1 Å². The van der Waals surface area contributed by atoms with E-state index in [0.29, 0.717) is 0 Å². The lowest BCUT2D eigenvalue weighted by molar-refractivity contribution is 0.624. The molecular formula is C24H31FN4. The summed E-state index contributed by atoms with van der Waals surface area (Å²) in [4.78, 5) is 6.96. The van der Waals surface area contributed by atoms with E-state index in [0.717, 1.165) is 48.7 Å². The molecule has 0 radical (unpaired) electrons. The zero-order chi connectivity index (χ0) is 21.0. The first kappa shape index (κ1) is 21.1. The molecule has 3 aromatic rings. The number of halogens is 1. The van der Waals surface area contributed by atoms with Crippen LogP contribution in [0.3, 0.4) is 0 Å². The molecule has 0 amide bonds. The van der Waals surface area contributed by atoms with Gasteiger partial charge < -0.3 is 14.8 Å². The van der Waals surface area contributed by atoms with Crippen LogP contribution in [0.4, 0.5) is 10.1 Å². The number of nitrogens with one attached hydrogen (secondary N) is 1. The van der Waals surface area contributed by atoms with Crippen molar-refractivity contribution in [1.82, 2.24) is 14.9 Å². The molecule has 1 N–H and O–H groups in total. The number of anilines is 1. The summed E-state index contributed by atoms with van der Waals surface area (Å²) in [6.45, 7) is 7.97. The molecule has 0 saturated heterocycles. The van der Waals surface area contributed by atoms with Gasteiger partial charge in [0.25, 0.3) is 0 Å². The van der Waals surface area contributed by atoms with E-state index in [2.05, 4.69) is 65.9 Å². The number of pyridine rings is 1. The fourth-order valence-electron chi connectivity index (χ4n) is 3.67. The zero-order valence-corrected chi connectivity index (χ0v) is 18.1. The summed E-state index contributed by atoms with van der Waals surface area (Å²) in [7, 11) is 3.91. The van der Waals surface area contributed by atoms with Crippen LogP contribution in [-0.2, 0) is 12.8 Å². The van der Waals surface area contributed by atoms with Crippen molar-refractivity contribution in [3.63, 3.8) is 0 Å². The number of benzene rings is 1. The summed E-state index contributed by atoms with van der Waals surface area (Å²) in [5.74, 6) is 0.761. The number of hydrogen-bond donors (Lipinski definition) is 1. The third-order valence-electron chi connectivity index (χ3n) is 5.26. The summed E-state index contributed by atoms with van der Waals surface area (Å²) in [6, 6.07) is 13.8. The van der Waals surface area contributed by atoms with Crippen molar-refractivity contribution in [3.8, 4) is 5.82 Å². The molecular weight excluding hydrogens is 363 g/mol. The van der Waals surface area contributed by atoms with E-state index < -0.39 is 0 Å². The molecule has 2 aromatic heterocycles. The minimum atomic E-state index is -0.190. The summed E-state index contributed by atoms with van der Waals surface area (Å²) in [5.41, 5.74) is 6.46. The molecule has 0 bridgehead atoms. The van der Waals surface area contributed by atoms with Crippen LogP contribution < -0.4 is 10.2 Å². The number of nitrogens with zero attached hydrogens (tertiary/aromatic N) is 3. The standard InChI is InChI=1S/C24H31FN4/c1-17-12-22(27-24(13-17)29-18(2)6-7-19(29)3)9-8-20-14-21(25)16-23(15-20)28(5)11-10-26-4/h6-7,12-16,26H,8-11H2,1-5H3. The minimum Gasteiger partial charge on any atom is -0.373 e. The number of aromatic nitrogens is 2. The molecule has 0 fully saturated rings. The van der Waals surface area contributed by atoms with Crippen LogP contribution in [0, 0.1) is 26.6 Å². The van der Waals surface area contributed by atoms with E-state index >= 15 is 0 Å². The molecule has 0 aliphatic heterocycles. The van der Waals surface area contributed by atoms with Gasteiger partial charge in [-0.3, -0.25) is 0 Å². The van der Waals surface area contributed by atoms with E-state index in [1.165, 1.54) is 17.0 Å². The molecule has 0 atom stereocenters. The van der Waals surface area contributed by atoms with Crippen LogP contribution in [-0.4, -0.2) is 36.7 Å². The topological polar surface area (TPSA) is 33.1 Å². The SMILES string of the molecule is CNCCN(C)c1cc(F)cc(CCc2cc(C)cc(-n3c(C)ccc3C)n2)c1. The van der Waals surface area contributed by atoms with Gasteiger partial charge in [-0.05, 0) is 94.3 Å². The Hall–Kier alpha value is -2.66. The maximum absolute atomic E-state index is 14.2. The highest BCUT2D eigenvalue weighted by molar-refractivity contribution is 5.48. The lowest BCUT2D eigenvalue weighted by Crippen LogP contribution is -2.27. The highest BCUT2D eigenvalue weighted by Gasteiger charge is 2.09. The lowest BCUT2D eigenvalue weighted by atomic mass is 10.1. The van der Waals surface area contributed by atoms with Gasteiger partial charge in [0, 0.05) is 42.9 Å². The van der Waals surface area contributed by atoms with E-state index in [9.17, 15) is 4.39 Å². The third kappa shape index (κ3) is 5.24. The number of rotatable bonds is 8. The number of likely N-dealkylation sites (N-methyl/N-ethyl adjacent to an activating group) is 2. The van der Waals surface area contributed by atoms with Crippen molar-refractivity contribution in [2.24, 2.45) is 0 Å². The maximum Gasteiger partial charge on any atom is 0.137 e. The minimum absolute atomic E-state index is 0.190. The molecule has 154 valence electrons. The average molecular weight is 395 g/mol. The van der Waals surface area contributed by atoms with Crippen molar-refractivity contribution in [2.45, 2.75) is 33.6 Å². The van der Waals surface area contributed by atoms with Gasteiger partial charge in [0.05, 0.1) is 0 Å². The van der Waals surface area contributed by atoms with Gasteiger partial charge in [0.1, 0.15) is 11.6 Å². The molecule has 2 heterocycles. The second-order valence-corrected chi connectivity index (χ2v) is 7.79. The smallest absolute Gasteiger partial charge is 0.137 e. The van der Waals surface area contributed by atoms with Crippen LogP contribution in [0.25, 0.3) is 5.82 Å². The summed E-state index contributed by atoms with van der Waals surface area (Å²) < 4.78 is 16.4. The Morgan fingerprint density at radius 1 is 1.00 bits per heavy atom. The average Bonchev–Trinajstić information content (AvgIpc) is 3.02. The predicted octanol–water partition coefficient (Wildman–Crippen LogP) is 4.38.